The molecule has 4 rings (SSSR count). The van der Waals surface area contributed by atoms with Crippen LogP contribution >= 0.6 is 34.5 Å². The number of benzene rings is 2. The highest BCUT2D eigenvalue weighted by Crippen LogP contribution is 2.48. The van der Waals surface area contributed by atoms with E-state index in [1.807, 2.05) is 0 Å². The average Bonchev–Trinajstić information content (AvgIpc) is 3.68. The lowest BCUT2D eigenvalue weighted by Gasteiger charge is -2.17. The summed E-state index contributed by atoms with van der Waals surface area (Å²) in [6.45, 7) is 2.46. The van der Waals surface area contributed by atoms with Gasteiger partial charge in [0.25, 0.3) is 0 Å². The summed E-state index contributed by atoms with van der Waals surface area (Å²) in [5.41, 5.74) is 0.464. The van der Waals surface area contributed by atoms with Crippen LogP contribution < -0.4 is 18.9 Å². The van der Waals surface area contributed by atoms with Gasteiger partial charge in [0.05, 0.1) is 58.9 Å². The van der Waals surface area contributed by atoms with Gasteiger partial charge in [0.15, 0.2) is 40.4 Å². The van der Waals surface area contributed by atoms with Crippen molar-refractivity contribution in [3.8, 4) is 23.0 Å². The van der Waals surface area contributed by atoms with Gasteiger partial charge in [-0.15, -0.1) is 11.3 Å². The van der Waals surface area contributed by atoms with Crippen LogP contribution in [0.2, 0.25) is 10.0 Å². The maximum absolute atomic E-state index is 15.7. The molecular weight excluding hydrogens is 687 g/mol. The van der Waals surface area contributed by atoms with E-state index in [2.05, 4.69) is 0 Å². The second-order valence-corrected chi connectivity index (χ2v) is 12.7. The Morgan fingerprint density at radius 1 is 0.851 bits per heavy atom. The lowest BCUT2D eigenvalue weighted by atomic mass is 10.0. The molecule has 1 aromatic heterocycles. The third-order valence-electron chi connectivity index (χ3n) is 7.60. The van der Waals surface area contributed by atoms with Gasteiger partial charge in [0.1, 0.15) is 0 Å². The quantitative estimate of drug-likeness (QED) is 0.130. The standard InChI is InChI=1S/C31H31Cl2F2NO10S/c1-13(30(39)40)8-18(37)19-10-15-21(32)26(27(44-4)24(35)29(15)47-19)45-6-5-7-46-28-23(34)17-12-36(20(38)9-14(2)31(41)42)11-16(17)22(33)25(28)43-3/h10,13-14H,5-9,11-12H2,1-4H3,(H,39,40)(H,41,42). The first kappa shape index (κ1) is 36.0. The SMILES string of the molecule is COc1c(Cl)c2c(c(F)c1OCCCOc1c(OC)c(F)c3sc(C(=O)CC(C)C(=O)O)cc3c1Cl)CN(C(=O)CC(C)C(=O)O)C2. The number of fused-ring (bicyclic) bond motifs is 2. The number of carbonyl (C=O) groups is 4. The highest BCUT2D eigenvalue weighted by Gasteiger charge is 2.34. The Bertz CT molecular complexity index is 1750. The molecule has 0 fully saturated rings. The zero-order chi connectivity index (χ0) is 34.7. The molecule has 47 heavy (non-hydrogen) atoms. The van der Waals surface area contributed by atoms with Crippen molar-refractivity contribution in [1.29, 1.82) is 0 Å². The number of ketones is 1. The van der Waals surface area contributed by atoms with Gasteiger partial charge >= 0.3 is 11.9 Å². The van der Waals surface area contributed by atoms with Crippen molar-refractivity contribution in [3.63, 3.8) is 0 Å². The number of aliphatic carboxylic acids is 2. The minimum absolute atomic E-state index is 0.0179. The molecule has 1 amide bonds. The molecule has 3 aromatic rings. The van der Waals surface area contributed by atoms with E-state index in [0.29, 0.717) is 5.56 Å². The minimum atomic E-state index is -1.13. The van der Waals surface area contributed by atoms with E-state index in [1.54, 1.807) is 0 Å². The number of nitrogens with zero attached hydrogens (tertiary/aromatic N) is 1. The van der Waals surface area contributed by atoms with Crippen LogP contribution in [0.25, 0.3) is 10.1 Å². The minimum Gasteiger partial charge on any atom is -0.491 e. The molecule has 1 aliphatic heterocycles. The summed E-state index contributed by atoms with van der Waals surface area (Å²) >= 11 is 13.9. The molecule has 1 aliphatic rings. The van der Waals surface area contributed by atoms with Crippen molar-refractivity contribution in [3.05, 3.63) is 43.8 Å². The fourth-order valence-electron chi connectivity index (χ4n) is 4.94. The van der Waals surface area contributed by atoms with Crippen LogP contribution in [0.4, 0.5) is 8.78 Å². The van der Waals surface area contributed by atoms with E-state index in [1.165, 1.54) is 39.0 Å². The van der Waals surface area contributed by atoms with E-state index in [0.717, 1.165) is 11.3 Å². The second-order valence-electron chi connectivity index (χ2n) is 10.9. The van der Waals surface area contributed by atoms with Gasteiger partial charge in [0, 0.05) is 48.9 Å². The molecule has 2 N–H and O–H groups in total. The molecule has 0 saturated carbocycles. The Morgan fingerprint density at radius 3 is 2.02 bits per heavy atom. The smallest absolute Gasteiger partial charge is 0.306 e. The number of thiophene rings is 1. The second kappa shape index (κ2) is 14.9. The van der Waals surface area contributed by atoms with Crippen molar-refractivity contribution in [2.75, 3.05) is 27.4 Å². The van der Waals surface area contributed by atoms with Crippen LogP contribution in [0.3, 0.4) is 0 Å². The lowest BCUT2D eigenvalue weighted by molar-refractivity contribution is -0.145. The maximum atomic E-state index is 15.7. The van der Waals surface area contributed by atoms with Crippen molar-refractivity contribution in [2.24, 2.45) is 11.8 Å². The Kier molecular flexibility index (Phi) is 11.4. The van der Waals surface area contributed by atoms with Gasteiger partial charge in [-0.05, 0) is 6.07 Å². The lowest BCUT2D eigenvalue weighted by Crippen LogP contribution is -2.28. The molecule has 0 spiro atoms. The third kappa shape index (κ3) is 7.34. The fourth-order valence-corrected chi connectivity index (χ4v) is 6.66. The van der Waals surface area contributed by atoms with Gasteiger partial charge in [-0.1, -0.05) is 37.0 Å². The van der Waals surface area contributed by atoms with Gasteiger partial charge < -0.3 is 34.1 Å². The number of hydrogen-bond acceptors (Lipinski definition) is 9. The van der Waals surface area contributed by atoms with Crippen LogP contribution in [0.1, 0.15) is 53.9 Å². The number of amides is 1. The molecular formula is C31H31Cl2F2NO10S. The predicted octanol–water partition coefficient (Wildman–Crippen LogP) is 6.60. The summed E-state index contributed by atoms with van der Waals surface area (Å²) in [6.07, 6.45) is -0.383. The molecule has 16 heteroatoms. The molecule has 11 nitrogen and oxygen atoms in total. The number of rotatable bonds is 15. The average molecular weight is 719 g/mol. The summed E-state index contributed by atoms with van der Waals surface area (Å²) < 4.78 is 53.1. The van der Waals surface area contributed by atoms with Crippen LogP contribution in [0, 0.1) is 23.5 Å². The molecule has 2 atom stereocenters. The highest BCUT2D eigenvalue weighted by atomic mass is 35.5. The molecule has 2 unspecified atom stereocenters. The van der Waals surface area contributed by atoms with E-state index >= 15 is 8.78 Å². The number of Topliss-reactive ketones (excluding diaryl/α,β-unsaturated/α-hetero) is 1. The Morgan fingerprint density at radius 2 is 1.43 bits per heavy atom. The number of ether oxygens (including phenoxy) is 4. The zero-order valence-corrected chi connectivity index (χ0v) is 28.0. The van der Waals surface area contributed by atoms with E-state index in [4.69, 9.17) is 52.4 Å². The topological polar surface area (TPSA) is 149 Å². The molecule has 0 bridgehead atoms. The number of carbonyl (C=O) groups excluding carboxylic acids is 2. The highest BCUT2D eigenvalue weighted by molar-refractivity contribution is 7.21. The van der Waals surface area contributed by atoms with Crippen molar-refractivity contribution < 1.29 is 57.1 Å². The Balaban J connectivity index is 1.46. The zero-order valence-electron chi connectivity index (χ0n) is 25.7. The summed E-state index contributed by atoms with van der Waals surface area (Å²) in [7, 11) is 2.50. The maximum Gasteiger partial charge on any atom is 0.306 e. The molecule has 2 heterocycles. The number of halogens is 4. The van der Waals surface area contributed by atoms with Crippen molar-refractivity contribution in [2.45, 2.75) is 46.2 Å². The van der Waals surface area contributed by atoms with Crippen LogP contribution in [-0.2, 0) is 27.5 Å². The Labute approximate surface area is 281 Å². The molecule has 0 radical (unpaired) electrons. The molecule has 2 aromatic carbocycles. The largest absolute Gasteiger partial charge is 0.491 e. The van der Waals surface area contributed by atoms with Crippen LogP contribution in [-0.4, -0.2) is 66.2 Å². The number of methoxy groups -OCH3 is 2. The monoisotopic (exact) mass is 717 g/mol. The van der Waals surface area contributed by atoms with Gasteiger partial charge in [-0.25, -0.2) is 8.78 Å². The van der Waals surface area contributed by atoms with Crippen LogP contribution in [0.15, 0.2) is 6.07 Å². The molecule has 0 saturated heterocycles. The number of carboxylic acids is 2. The number of hydrogen-bond donors (Lipinski definition) is 2. The van der Waals surface area contributed by atoms with Crippen molar-refractivity contribution >= 4 is 68.3 Å². The van der Waals surface area contributed by atoms with Crippen molar-refractivity contribution in [1.82, 2.24) is 4.90 Å². The fraction of sp³-hybridized carbons (Fsp3) is 0.419. The summed E-state index contributed by atoms with van der Waals surface area (Å²) in [6, 6.07) is 1.38. The van der Waals surface area contributed by atoms with E-state index < -0.39 is 47.1 Å². The first-order valence-corrected chi connectivity index (χ1v) is 15.9. The van der Waals surface area contributed by atoms with E-state index in [9.17, 15) is 19.2 Å². The van der Waals surface area contributed by atoms with E-state index in [-0.39, 0.29) is 99.1 Å². The van der Waals surface area contributed by atoms with Gasteiger partial charge in [-0.2, -0.15) is 0 Å². The molecule has 0 aliphatic carbocycles. The normalized spacial score (nSPS) is 13.7. The summed E-state index contributed by atoms with van der Waals surface area (Å²) in [4.78, 5) is 49.1. The Hall–Kier alpha value is -3.88. The summed E-state index contributed by atoms with van der Waals surface area (Å²) in [5, 5.41) is 18.5. The first-order valence-electron chi connectivity index (χ1n) is 14.3. The summed E-state index contributed by atoms with van der Waals surface area (Å²) in [5.74, 6) is -7.39. The number of carboxylic acid groups (broad SMARTS) is 2. The van der Waals surface area contributed by atoms with Crippen LogP contribution in [0.5, 0.6) is 23.0 Å². The third-order valence-corrected chi connectivity index (χ3v) is 9.55. The van der Waals surface area contributed by atoms with Gasteiger partial charge in [-0.3, -0.25) is 19.2 Å². The first-order chi connectivity index (χ1) is 22.2. The molecule has 254 valence electrons. The van der Waals surface area contributed by atoms with Gasteiger partial charge in [0.2, 0.25) is 5.91 Å². The predicted molar refractivity (Wildman–Crippen MR) is 168 cm³/mol.